The van der Waals surface area contributed by atoms with Crippen LogP contribution in [0.1, 0.15) is 5.56 Å². The molecule has 0 spiro atoms. The van der Waals surface area contributed by atoms with Crippen LogP contribution >= 0.6 is 27.5 Å². The highest BCUT2D eigenvalue weighted by atomic mass is 79.9. The van der Waals surface area contributed by atoms with Gasteiger partial charge >= 0.3 is 0 Å². The highest BCUT2D eigenvalue weighted by molar-refractivity contribution is 9.10. The van der Waals surface area contributed by atoms with Crippen molar-refractivity contribution in [1.29, 1.82) is 0 Å². The van der Waals surface area contributed by atoms with Crippen molar-refractivity contribution in [1.82, 2.24) is 0 Å². The lowest BCUT2D eigenvalue weighted by atomic mass is 10.2. The molecule has 0 bridgehead atoms. The predicted molar refractivity (Wildman–Crippen MR) is 43.8 cm³/mol. The summed E-state index contributed by atoms with van der Waals surface area (Å²) in [5, 5.41) is 0.189. The van der Waals surface area contributed by atoms with Crippen LogP contribution in [0.2, 0.25) is 5.02 Å². The normalized spacial score (nSPS) is 10.0. The van der Waals surface area contributed by atoms with E-state index in [4.69, 9.17) is 11.6 Å². The van der Waals surface area contributed by atoms with Crippen molar-refractivity contribution in [3.63, 3.8) is 0 Å². The van der Waals surface area contributed by atoms with Crippen LogP contribution in [-0.2, 0) is 0 Å². The summed E-state index contributed by atoms with van der Waals surface area (Å²) >= 11 is 8.81. The van der Waals surface area contributed by atoms with E-state index in [1.54, 1.807) is 13.0 Å². The third-order valence-corrected chi connectivity index (χ3v) is 2.60. The smallest absolute Gasteiger partial charge is 0.142 e. The van der Waals surface area contributed by atoms with E-state index in [0.29, 0.717) is 0 Å². The van der Waals surface area contributed by atoms with E-state index in [2.05, 4.69) is 15.9 Å². The Hall–Kier alpha value is -0.0800. The molecule has 3 heteroatoms. The van der Waals surface area contributed by atoms with Crippen molar-refractivity contribution in [3.8, 4) is 0 Å². The molecule has 0 radical (unpaired) electrons. The van der Waals surface area contributed by atoms with Gasteiger partial charge < -0.3 is 0 Å². The monoisotopic (exact) mass is 222 g/mol. The maximum Gasteiger partial charge on any atom is 0.142 e. The standard InChI is InChI=1S/C7H5BrClF/c1-4-5(8)2-3-6(10)7(4)9/h2-3H,1H3. The molecule has 0 saturated heterocycles. The molecule has 0 fully saturated rings. The Balaban J connectivity index is 3.34. The molecule has 0 aliphatic heterocycles. The molecule has 0 atom stereocenters. The molecule has 0 nitrogen and oxygen atoms in total. The summed E-state index contributed by atoms with van der Waals surface area (Å²) < 4.78 is 13.4. The lowest BCUT2D eigenvalue weighted by Gasteiger charge is -2.00. The quantitative estimate of drug-likeness (QED) is 0.590. The number of halogens is 3. The second-order valence-corrected chi connectivity index (χ2v) is 3.20. The molecule has 1 rings (SSSR count). The molecule has 1 aromatic carbocycles. The van der Waals surface area contributed by atoms with E-state index in [1.807, 2.05) is 0 Å². The molecule has 0 saturated carbocycles. The molecule has 0 N–H and O–H groups in total. The first kappa shape index (κ1) is 8.02. The van der Waals surface area contributed by atoms with Gasteiger partial charge in [-0.15, -0.1) is 0 Å². The van der Waals surface area contributed by atoms with Crippen molar-refractivity contribution in [2.45, 2.75) is 6.92 Å². The van der Waals surface area contributed by atoms with Crippen LogP contribution in [0.15, 0.2) is 16.6 Å². The minimum Gasteiger partial charge on any atom is -0.205 e. The molecule has 0 aliphatic carbocycles. The van der Waals surface area contributed by atoms with Crippen LogP contribution in [0.5, 0.6) is 0 Å². The molecule has 54 valence electrons. The summed E-state index contributed by atoms with van der Waals surface area (Å²) in [4.78, 5) is 0. The molecule has 0 amide bonds. The van der Waals surface area contributed by atoms with Gasteiger partial charge in [0.1, 0.15) is 5.82 Å². The van der Waals surface area contributed by atoms with Crippen LogP contribution in [0.25, 0.3) is 0 Å². The third kappa shape index (κ3) is 1.32. The van der Waals surface area contributed by atoms with Crippen molar-refractivity contribution in [2.24, 2.45) is 0 Å². The van der Waals surface area contributed by atoms with E-state index < -0.39 is 0 Å². The Morgan fingerprint density at radius 1 is 1.50 bits per heavy atom. The first-order chi connectivity index (χ1) is 4.63. The molecule has 0 unspecified atom stereocenters. The van der Waals surface area contributed by atoms with Gasteiger partial charge in [-0.25, -0.2) is 4.39 Å². The topological polar surface area (TPSA) is 0 Å². The van der Waals surface area contributed by atoms with Crippen LogP contribution in [0.4, 0.5) is 4.39 Å². The average Bonchev–Trinajstić information content (AvgIpc) is 1.93. The fourth-order valence-electron chi connectivity index (χ4n) is 0.628. The van der Waals surface area contributed by atoms with E-state index in [9.17, 15) is 4.39 Å². The number of rotatable bonds is 0. The maximum atomic E-state index is 12.6. The van der Waals surface area contributed by atoms with Gasteiger partial charge in [0.25, 0.3) is 0 Å². The molecular weight excluding hydrogens is 218 g/mol. The molecule has 0 heterocycles. The first-order valence-electron chi connectivity index (χ1n) is 2.73. The molecule has 0 aliphatic rings. The Bertz CT molecular complexity index is 233. The average molecular weight is 223 g/mol. The van der Waals surface area contributed by atoms with Crippen molar-refractivity contribution in [3.05, 3.63) is 33.0 Å². The van der Waals surface area contributed by atoms with Crippen LogP contribution < -0.4 is 0 Å². The van der Waals surface area contributed by atoms with Gasteiger partial charge in [0.05, 0.1) is 5.02 Å². The predicted octanol–water partition coefficient (Wildman–Crippen LogP) is 3.55. The summed E-state index contributed by atoms with van der Waals surface area (Å²) in [6, 6.07) is 2.97. The molecule has 10 heavy (non-hydrogen) atoms. The zero-order chi connectivity index (χ0) is 7.72. The summed E-state index contributed by atoms with van der Waals surface area (Å²) in [7, 11) is 0. The second kappa shape index (κ2) is 2.89. The molecule has 0 aromatic heterocycles. The summed E-state index contributed by atoms with van der Waals surface area (Å²) in [5.41, 5.74) is 0.738. The van der Waals surface area contributed by atoms with E-state index in [0.717, 1.165) is 10.0 Å². The third-order valence-electron chi connectivity index (χ3n) is 1.27. The summed E-state index contributed by atoms with van der Waals surface area (Å²) in [6.45, 7) is 1.76. The summed E-state index contributed by atoms with van der Waals surface area (Å²) in [6.07, 6.45) is 0. The van der Waals surface area contributed by atoms with Gasteiger partial charge in [-0.05, 0) is 24.6 Å². The minimum absolute atomic E-state index is 0.189. The lowest BCUT2D eigenvalue weighted by Crippen LogP contribution is -1.82. The lowest BCUT2D eigenvalue weighted by molar-refractivity contribution is 0.626. The Morgan fingerprint density at radius 2 is 2.10 bits per heavy atom. The van der Waals surface area contributed by atoms with Gasteiger partial charge in [0.2, 0.25) is 0 Å². The summed E-state index contributed by atoms with van der Waals surface area (Å²) in [5.74, 6) is -0.373. The number of benzene rings is 1. The molecule has 1 aromatic rings. The zero-order valence-electron chi connectivity index (χ0n) is 5.29. The Morgan fingerprint density at radius 3 is 2.60 bits per heavy atom. The largest absolute Gasteiger partial charge is 0.205 e. The fraction of sp³-hybridized carbons (Fsp3) is 0.143. The van der Waals surface area contributed by atoms with E-state index in [-0.39, 0.29) is 10.8 Å². The van der Waals surface area contributed by atoms with Crippen LogP contribution in [0.3, 0.4) is 0 Å². The minimum atomic E-state index is -0.373. The van der Waals surface area contributed by atoms with Gasteiger partial charge in [-0.2, -0.15) is 0 Å². The first-order valence-corrected chi connectivity index (χ1v) is 3.90. The van der Waals surface area contributed by atoms with Gasteiger partial charge in [0, 0.05) is 4.47 Å². The van der Waals surface area contributed by atoms with Gasteiger partial charge in [0.15, 0.2) is 0 Å². The maximum absolute atomic E-state index is 12.6. The van der Waals surface area contributed by atoms with E-state index in [1.165, 1.54) is 6.07 Å². The van der Waals surface area contributed by atoms with Crippen molar-refractivity contribution < 1.29 is 4.39 Å². The van der Waals surface area contributed by atoms with Crippen molar-refractivity contribution in [2.75, 3.05) is 0 Å². The second-order valence-electron chi connectivity index (χ2n) is 1.97. The highest BCUT2D eigenvalue weighted by Crippen LogP contribution is 2.25. The highest BCUT2D eigenvalue weighted by Gasteiger charge is 2.04. The fourth-order valence-corrected chi connectivity index (χ4v) is 1.24. The number of hydrogen-bond donors (Lipinski definition) is 0. The van der Waals surface area contributed by atoms with Crippen LogP contribution in [-0.4, -0.2) is 0 Å². The van der Waals surface area contributed by atoms with E-state index >= 15 is 0 Å². The van der Waals surface area contributed by atoms with Crippen molar-refractivity contribution >= 4 is 27.5 Å². The van der Waals surface area contributed by atoms with Gasteiger partial charge in [-0.3, -0.25) is 0 Å². The zero-order valence-corrected chi connectivity index (χ0v) is 7.63. The molecular formula is C7H5BrClF. The Labute approximate surface area is 72.1 Å². The van der Waals surface area contributed by atoms with Gasteiger partial charge in [-0.1, -0.05) is 27.5 Å². The Kier molecular flexibility index (Phi) is 2.32. The number of hydrogen-bond acceptors (Lipinski definition) is 0. The van der Waals surface area contributed by atoms with Crippen LogP contribution in [0, 0.1) is 12.7 Å². The SMILES string of the molecule is Cc1c(Br)ccc(F)c1Cl.